The Labute approximate surface area is 100 Å². The first-order valence-electron chi connectivity index (χ1n) is 6.83. The topological polar surface area (TPSA) is 49.5 Å². The van der Waals surface area contributed by atoms with Crippen LogP contribution in [0.2, 0.25) is 0 Å². The second-order valence-corrected chi connectivity index (χ2v) is 5.06. The molecule has 1 aliphatic rings. The zero-order chi connectivity index (χ0) is 12.0. The van der Waals surface area contributed by atoms with Crippen LogP contribution in [0, 0.1) is 5.92 Å². The molecule has 3 atom stereocenters. The number of hydrogen-bond acceptors (Lipinski definition) is 3. The fourth-order valence-corrected chi connectivity index (χ4v) is 2.72. The Morgan fingerprint density at radius 1 is 1.31 bits per heavy atom. The monoisotopic (exact) mass is 228 g/mol. The van der Waals surface area contributed by atoms with Crippen molar-refractivity contribution in [2.75, 3.05) is 19.7 Å². The van der Waals surface area contributed by atoms with Crippen molar-refractivity contribution in [2.45, 2.75) is 58.0 Å². The van der Waals surface area contributed by atoms with E-state index in [-0.39, 0.29) is 18.7 Å². The Kier molecular flexibility index (Phi) is 6.32. The third-order valence-electron chi connectivity index (χ3n) is 4.08. The largest absolute Gasteiger partial charge is 0.395 e. The highest BCUT2D eigenvalue weighted by Crippen LogP contribution is 2.22. The van der Waals surface area contributed by atoms with Crippen LogP contribution < -0.4 is 5.73 Å². The molecule has 0 aromatic rings. The summed E-state index contributed by atoms with van der Waals surface area (Å²) in [5, 5.41) is 9.47. The summed E-state index contributed by atoms with van der Waals surface area (Å²) in [5.41, 5.74) is 6.08. The van der Waals surface area contributed by atoms with E-state index >= 15 is 0 Å². The Balaban J connectivity index is 2.51. The molecule has 1 saturated heterocycles. The molecule has 96 valence electrons. The van der Waals surface area contributed by atoms with Crippen molar-refractivity contribution in [2.24, 2.45) is 11.7 Å². The first-order valence-corrected chi connectivity index (χ1v) is 6.83. The standard InChI is InChI=1S/C13H28N2O/c1-3-11-6-5-8-15(9-7-11)13(10-16)12(14)4-2/h11-13,16H,3-10,14H2,1-2H3. The molecule has 3 unspecified atom stereocenters. The Hall–Kier alpha value is -0.120. The number of rotatable bonds is 5. The zero-order valence-corrected chi connectivity index (χ0v) is 10.9. The lowest BCUT2D eigenvalue weighted by Crippen LogP contribution is -2.50. The number of nitrogens with zero attached hydrogens (tertiary/aromatic N) is 1. The quantitative estimate of drug-likeness (QED) is 0.751. The highest BCUT2D eigenvalue weighted by Gasteiger charge is 2.25. The molecular formula is C13H28N2O. The van der Waals surface area contributed by atoms with Gasteiger partial charge >= 0.3 is 0 Å². The van der Waals surface area contributed by atoms with Gasteiger partial charge in [0.05, 0.1) is 6.61 Å². The van der Waals surface area contributed by atoms with E-state index in [1.54, 1.807) is 0 Å². The van der Waals surface area contributed by atoms with Gasteiger partial charge in [0.2, 0.25) is 0 Å². The van der Waals surface area contributed by atoms with Crippen LogP contribution in [0.3, 0.4) is 0 Å². The Morgan fingerprint density at radius 3 is 2.62 bits per heavy atom. The minimum Gasteiger partial charge on any atom is -0.395 e. The van der Waals surface area contributed by atoms with Crippen LogP contribution in [-0.4, -0.2) is 41.8 Å². The molecule has 0 amide bonds. The lowest BCUT2D eigenvalue weighted by atomic mass is 9.98. The minimum atomic E-state index is 0.114. The molecule has 1 aliphatic heterocycles. The Morgan fingerprint density at radius 2 is 2.06 bits per heavy atom. The van der Waals surface area contributed by atoms with Crippen molar-refractivity contribution in [3.63, 3.8) is 0 Å². The highest BCUT2D eigenvalue weighted by molar-refractivity contribution is 4.83. The summed E-state index contributed by atoms with van der Waals surface area (Å²) >= 11 is 0. The van der Waals surface area contributed by atoms with Gasteiger partial charge in [0.15, 0.2) is 0 Å². The fourth-order valence-electron chi connectivity index (χ4n) is 2.72. The predicted molar refractivity (Wildman–Crippen MR) is 68.3 cm³/mol. The first kappa shape index (κ1) is 13.9. The van der Waals surface area contributed by atoms with Gasteiger partial charge < -0.3 is 10.8 Å². The highest BCUT2D eigenvalue weighted by atomic mass is 16.3. The predicted octanol–water partition coefficient (Wildman–Crippen LogP) is 1.60. The van der Waals surface area contributed by atoms with Crippen molar-refractivity contribution in [3.05, 3.63) is 0 Å². The number of hydrogen-bond donors (Lipinski definition) is 2. The van der Waals surface area contributed by atoms with Crippen molar-refractivity contribution < 1.29 is 5.11 Å². The molecule has 0 aromatic carbocycles. The molecule has 0 spiro atoms. The number of aliphatic hydroxyl groups is 1. The molecule has 3 nitrogen and oxygen atoms in total. The van der Waals surface area contributed by atoms with Crippen molar-refractivity contribution in [3.8, 4) is 0 Å². The molecule has 1 rings (SSSR count). The van der Waals surface area contributed by atoms with Crippen molar-refractivity contribution >= 4 is 0 Å². The average molecular weight is 228 g/mol. The lowest BCUT2D eigenvalue weighted by molar-refractivity contribution is 0.105. The van der Waals surface area contributed by atoms with Gasteiger partial charge in [0.25, 0.3) is 0 Å². The minimum absolute atomic E-state index is 0.114. The normalized spacial score (nSPS) is 27.4. The van der Waals surface area contributed by atoms with E-state index in [2.05, 4.69) is 18.7 Å². The summed E-state index contributed by atoms with van der Waals surface area (Å²) in [6, 6.07) is 0.281. The summed E-state index contributed by atoms with van der Waals surface area (Å²) in [6.07, 6.45) is 6.10. The van der Waals surface area contributed by atoms with E-state index in [1.165, 1.54) is 25.7 Å². The van der Waals surface area contributed by atoms with Crippen LogP contribution in [0.15, 0.2) is 0 Å². The smallest absolute Gasteiger partial charge is 0.0601 e. The maximum absolute atomic E-state index is 9.47. The maximum Gasteiger partial charge on any atom is 0.0601 e. The van der Waals surface area contributed by atoms with E-state index in [4.69, 9.17) is 5.73 Å². The van der Waals surface area contributed by atoms with E-state index < -0.39 is 0 Å². The van der Waals surface area contributed by atoms with Gasteiger partial charge in [0, 0.05) is 12.1 Å². The lowest BCUT2D eigenvalue weighted by Gasteiger charge is -2.33. The number of nitrogens with two attached hydrogens (primary N) is 1. The van der Waals surface area contributed by atoms with Crippen LogP contribution >= 0.6 is 0 Å². The van der Waals surface area contributed by atoms with E-state index in [1.807, 2.05) is 0 Å². The van der Waals surface area contributed by atoms with Gasteiger partial charge in [-0.05, 0) is 44.7 Å². The van der Waals surface area contributed by atoms with Gasteiger partial charge in [0.1, 0.15) is 0 Å². The molecule has 3 N–H and O–H groups in total. The van der Waals surface area contributed by atoms with Gasteiger partial charge in [-0.3, -0.25) is 4.90 Å². The molecule has 3 heteroatoms. The summed E-state index contributed by atoms with van der Waals surface area (Å²) in [6.45, 7) is 6.79. The zero-order valence-electron chi connectivity index (χ0n) is 10.9. The number of likely N-dealkylation sites (tertiary alicyclic amines) is 1. The van der Waals surface area contributed by atoms with Gasteiger partial charge in [-0.1, -0.05) is 20.3 Å². The van der Waals surface area contributed by atoms with Gasteiger partial charge in [-0.15, -0.1) is 0 Å². The summed E-state index contributed by atoms with van der Waals surface area (Å²) in [7, 11) is 0. The van der Waals surface area contributed by atoms with Crippen LogP contribution in [0.25, 0.3) is 0 Å². The molecule has 0 radical (unpaired) electrons. The van der Waals surface area contributed by atoms with Gasteiger partial charge in [-0.2, -0.15) is 0 Å². The van der Waals surface area contributed by atoms with Crippen LogP contribution in [0.5, 0.6) is 0 Å². The van der Waals surface area contributed by atoms with Crippen LogP contribution in [0.4, 0.5) is 0 Å². The van der Waals surface area contributed by atoms with Crippen LogP contribution in [-0.2, 0) is 0 Å². The second-order valence-electron chi connectivity index (χ2n) is 5.06. The fraction of sp³-hybridized carbons (Fsp3) is 1.00. The molecule has 0 bridgehead atoms. The van der Waals surface area contributed by atoms with Crippen molar-refractivity contribution in [1.82, 2.24) is 4.90 Å². The Bertz CT molecular complexity index is 187. The summed E-state index contributed by atoms with van der Waals surface area (Å²) < 4.78 is 0. The first-order chi connectivity index (χ1) is 7.72. The van der Waals surface area contributed by atoms with E-state index in [0.29, 0.717) is 0 Å². The summed E-state index contributed by atoms with van der Waals surface area (Å²) in [4.78, 5) is 2.41. The molecule has 0 aromatic heterocycles. The molecule has 16 heavy (non-hydrogen) atoms. The SMILES string of the molecule is CCC1CCCN(C(CO)C(N)CC)CC1. The van der Waals surface area contributed by atoms with Crippen LogP contribution in [0.1, 0.15) is 46.0 Å². The molecule has 1 heterocycles. The van der Waals surface area contributed by atoms with E-state index in [0.717, 1.165) is 25.4 Å². The molecule has 0 saturated carbocycles. The van der Waals surface area contributed by atoms with E-state index in [9.17, 15) is 5.11 Å². The van der Waals surface area contributed by atoms with Gasteiger partial charge in [-0.25, -0.2) is 0 Å². The third-order valence-corrected chi connectivity index (χ3v) is 4.08. The molecular weight excluding hydrogens is 200 g/mol. The molecule has 0 aliphatic carbocycles. The average Bonchev–Trinajstić information content (AvgIpc) is 2.55. The summed E-state index contributed by atoms with van der Waals surface area (Å²) in [5.74, 6) is 0.877. The number of aliphatic hydroxyl groups excluding tert-OH is 1. The maximum atomic E-state index is 9.47. The second kappa shape index (κ2) is 7.25. The van der Waals surface area contributed by atoms with Crippen molar-refractivity contribution in [1.29, 1.82) is 0 Å². The third kappa shape index (κ3) is 3.72. The molecule has 1 fully saturated rings.